The molecule has 0 amide bonds. The van der Waals surface area contributed by atoms with Gasteiger partial charge in [-0.25, -0.2) is 4.98 Å². The second kappa shape index (κ2) is 5.93. The third kappa shape index (κ3) is 2.98. The molecule has 2 aromatic carbocycles. The van der Waals surface area contributed by atoms with Crippen LogP contribution in [0.4, 0.5) is 5.69 Å². The van der Waals surface area contributed by atoms with Gasteiger partial charge in [0.25, 0.3) is 0 Å². The van der Waals surface area contributed by atoms with Gasteiger partial charge in [-0.3, -0.25) is 0 Å². The van der Waals surface area contributed by atoms with Gasteiger partial charge in [-0.1, -0.05) is 30.3 Å². The van der Waals surface area contributed by atoms with E-state index in [1.165, 1.54) is 0 Å². The van der Waals surface area contributed by atoms with E-state index in [1.54, 1.807) is 12.5 Å². The minimum absolute atomic E-state index is 0.676. The molecule has 0 bridgehead atoms. The van der Waals surface area contributed by atoms with Crippen molar-refractivity contribution >= 4 is 5.69 Å². The first-order valence-electron chi connectivity index (χ1n) is 6.45. The number of benzene rings is 2. The Morgan fingerprint density at radius 3 is 2.60 bits per heavy atom. The monoisotopic (exact) mass is 265 g/mol. The highest BCUT2D eigenvalue weighted by molar-refractivity contribution is 5.57. The Hall–Kier alpha value is -2.75. The van der Waals surface area contributed by atoms with Gasteiger partial charge in [0.2, 0.25) is 0 Å². The number of aromatic nitrogens is 2. The standard InChI is InChI=1S/C16H15N3O/c1-2-6-14(7-3-1)20-16-9-5-4-8-15(16)18-11-13-10-17-12-19-13/h1-10,12,18H,11H2,(H,17,19). The maximum atomic E-state index is 5.89. The molecule has 4 nitrogen and oxygen atoms in total. The molecular formula is C16H15N3O. The summed E-state index contributed by atoms with van der Waals surface area (Å²) in [6.45, 7) is 0.676. The van der Waals surface area contributed by atoms with Gasteiger partial charge in [0.05, 0.1) is 24.3 Å². The zero-order chi connectivity index (χ0) is 13.6. The van der Waals surface area contributed by atoms with E-state index in [2.05, 4.69) is 15.3 Å². The normalized spacial score (nSPS) is 10.2. The highest BCUT2D eigenvalue weighted by Crippen LogP contribution is 2.29. The third-order valence-corrected chi connectivity index (χ3v) is 2.88. The third-order valence-electron chi connectivity index (χ3n) is 2.88. The number of nitrogens with zero attached hydrogens (tertiary/aromatic N) is 1. The Kier molecular flexibility index (Phi) is 3.64. The summed E-state index contributed by atoms with van der Waals surface area (Å²) in [6.07, 6.45) is 3.47. The minimum Gasteiger partial charge on any atom is -0.455 e. The molecule has 0 fully saturated rings. The molecule has 0 saturated carbocycles. The van der Waals surface area contributed by atoms with E-state index in [9.17, 15) is 0 Å². The Morgan fingerprint density at radius 2 is 1.80 bits per heavy atom. The van der Waals surface area contributed by atoms with Crippen molar-refractivity contribution in [1.29, 1.82) is 0 Å². The number of H-pyrrole nitrogens is 1. The van der Waals surface area contributed by atoms with Crippen molar-refractivity contribution in [1.82, 2.24) is 9.97 Å². The van der Waals surface area contributed by atoms with Crippen LogP contribution in [-0.2, 0) is 6.54 Å². The van der Waals surface area contributed by atoms with E-state index >= 15 is 0 Å². The summed E-state index contributed by atoms with van der Waals surface area (Å²) in [4.78, 5) is 7.06. The lowest BCUT2D eigenvalue weighted by Crippen LogP contribution is -2.01. The zero-order valence-corrected chi connectivity index (χ0v) is 10.9. The summed E-state index contributed by atoms with van der Waals surface area (Å²) in [5.74, 6) is 1.63. The maximum Gasteiger partial charge on any atom is 0.150 e. The van der Waals surface area contributed by atoms with Gasteiger partial charge in [-0.05, 0) is 24.3 Å². The Labute approximate surface area is 117 Å². The molecule has 4 heteroatoms. The molecule has 20 heavy (non-hydrogen) atoms. The average Bonchev–Trinajstić information content (AvgIpc) is 3.01. The van der Waals surface area contributed by atoms with Gasteiger partial charge >= 0.3 is 0 Å². The van der Waals surface area contributed by atoms with Gasteiger partial charge in [0.1, 0.15) is 5.75 Å². The molecular weight excluding hydrogens is 250 g/mol. The first-order valence-corrected chi connectivity index (χ1v) is 6.45. The molecule has 1 aromatic heterocycles. The number of imidazole rings is 1. The van der Waals surface area contributed by atoms with E-state index in [1.807, 2.05) is 54.6 Å². The summed E-state index contributed by atoms with van der Waals surface area (Å²) in [5.41, 5.74) is 1.98. The van der Waals surface area contributed by atoms with E-state index in [-0.39, 0.29) is 0 Å². The zero-order valence-electron chi connectivity index (χ0n) is 10.9. The second-order valence-corrected chi connectivity index (χ2v) is 4.34. The summed E-state index contributed by atoms with van der Waals surface area (Å²) < 4.78 is 5.89. The lowest BCUT2D eigenvalue weighted by Gasteiger charge is -2.12. The van der Waals surface area contributed by atoms with Gasteiger partial charge in [-0.15, -0.1) is 0 Å². The minimum atomic E-state index is 0.676. The van der Waals surface area contributed by atoms with E-state index in [0.29, 0.717) is 6.54 Å². The number of nitrogens with one attached hydrogen (secondary N) is 2. The molecule has 0 aliphatic carbocycles. The molecule has 2 N–H and O–H groups in total. The van der Waals surface area contributed by atoms with Gasteiger partial charge in [0.15, 0.2) is 5.75 Å². The van der Waals surface area contributed by atoms with Crippen LogP contribution in [0.5, 0.6) is 11.5 Å². The smallest absolute Gasteiger partial charge is 0.150 e. The first-order chi connectivity index (χ1) is 9.92. The van der Waals surface area contributed by atoms with Crippen LogP contribution < -0.4 is 10.1 Å². The van der Waals surface area contributed by atoms with Crippen molar-refractivity contribution in [3.05, 3.63) is 72.8 Å². The number of aromatic amines is 1. The van der Waals surface area contributed by atoms with Gasteiger partial charge in [0, 0.05) is 6.20 Å². The van der Waals surface area contributed by atoms with Crippen LogP contribution in [0.1, 0.15) is 5.69 Å². The number of hydrogen-bond acceptors (Lipinski definition) is 3. The van der Waals surface area contributed by atoms with Crippen molar-refractivity contribution in [3.63, 3.8) is 0 Å². The molecule has 0 aliphatic rings. The molecule has 0 unspecified atom stereocenters. The number of hydrogen-bond donors (Lipinski definition) is 2. The van der Waals surface area contributed by atoms with Gasteiger partial charge in [-0.2, -0.15) is 0 Å². The lowest BCUT2D eigenvalue weighted by molar-refractivity contribution is 0.484. The summed E-state index contributed by atoms with van der Waals surface area (Å²) in [6, 6.07) is 17.6. The molecule has 0 aliphatic heterocycles. The lowest BCUT2D eigenvalue weighted by atomic mass is 10.2. The number of ether oxygens (including phenoxy) is 1. The van der Waals surface area contributed by atoms with Crippen molar-refractivity contribution in [2.45, 2.75) is 6.54 Å². The predicted molar refractivity (Wildman–Crippen MR) is 78.9 cm³/mol. The van der Waals surface area contributed by atoms with Crippen molar-refractivity contribution < 1.29 is 4.74 Å². The molecule has 100 valence electrons. The summed E-state index contributed by atoms with van der Waals surface area (Å²) >= 11 is 0. The first kappa shape index (κ1) is 12.3. The van der Waals surface area contributed by atoms with Gasteiger partial charge < -0.3 is 15.0 Å². The SMILES string of the molecule is c1ccc(Oc2ccccc2NCc2cnc[nH]2)cc1. The molecule has 0 saturated heterocycles. The summed E-state index contributed by atoms with van der Waals surface area (Å²) in [5, 5.41) is 3.34. The highest BCUT2D eigenvalue weighted by atomic mass is 16.5. The van der Waals surface area contributed by atoms with Crippen molar-refractivity contribution in [3.8, 4) is 11.5 Å². The molecule has 1 heterocycles. The van der Waals surface area contributed by atoms with Crippen molar-refractivity contribution in [2.24, 2.45) is 0 Å². The van der Waals surface area contributed by atoms with Crippen LogP contribution in [0, 0.1) is 0 Å². The van der Waals surface area contributed by atoms with Crippen LogP contribution in [0.15, 0.2) is 67.1 Å². The van der Waals surface area contributed by atoms with E-state index in [4.69, 9.17) is 4.74 Å². The molecule has 0 radical (unpaired) electrons. The van der Waals surface area contributed by atoms with Crippen LogP contribution in [0.3, 0.4) is 0 Å². The van der Waals surface area contributed by atoms with Crippen molar-refractivity contribution in [2.75, 3.05) is 5.32 Å². The fourth-order valence-electron chi connectivity index (χ4n) is 1.89. The van der Waals surface area contributed by atoms with E-state index < -0.39 is 0 Å². The number of anilines is 1. The molecule has 0 spiro atoms. The number of para-hydroxylation sites is 3. The molecule has 3 rings (SSSR count). The maximum absolute atomic E-state index is 5.89. The molecule has 3 aromatic rings. The predicted octanol–water partition coefficient (Wildman–Crippen LogP) is 3.81. The quantitative estimate of drug-likeness (QED) is 0.737. The van der Waals surface area contributed by atoms with Crippen LogP contribution >= 0.6 is 0 Å². The topological polar surface area (TPSA) is 49.9 Å². The fraction of sp³-hybridized carbons (Fsp3) is 0.0625. The average molecular weight is 265 g/mol. The Morgan fingerprint density at radius 1 is 1.00 bits per heavy atom. The molecule has 0 atom stereocenters. The fourth-order valence-corrected chi connectivity index (χ4v) is 1.89. The largest absolute Gasteiger partial charge is 0.455 e. The highest BCUT2D eigenvalue weighted by Gasteiger charge is 2.04. The summed E-state index contributed by atoms with van der Waals surface area (Å²) in [7, 11) is 0. The van der Waals surface area contributed by atoms with Crippen LogP contribution in [-0.4, -0.2) is 9.97 Å². The second-order valence-electron chi connectivity index (χ2n) is 4.34. The Balaban J connectivity index is 1.74. The van der Waals surface area contributed by atoms with E-state index in [0.717, 1.165) is 22.9 Å². The number of rotatable bonds is 5. The Bertz CT molecular complexity index is 651. The van der Waals surface area contributed by atoms with Crippen LogP contribution in [0.2, 0.25) is 0 Å². The van der Waals surface area contributed by atoms with Crippen LogP contribution in [0.25, 0.3) is 0 Å².